The van der Waals surface area contributed by atoms with E-state index in [2.05, 4.69) is 364 Å². The molecule has 4 aromatic heterocycles. The average molecular weight is 1350 g/mol. The van der Waals surface area contributed by atoms with Gasteiger partial charge in [0.1, 0.15) is 0 Å². The van der Waals surface area contributed by atoms with Crippen molar-refractivity contribution in [1.82, 2.24) is 8.80 Å². The van der Waals surface area contributed by atoms with E-state index in [9.17, 15) is 0 Å². The van der Waals surface area contributed by atoms with Gasteiger partial charge in [0.2, 0.25) is 0 Å². The van der Waals surface area contributed by atoms with Crippen LogP contribution in [0, 0.1) is 0 Å². The Morgan fingerprint density at radius 2 is 0.385 bits per heavy atom. The first kappa shape index (κ1) is 64.3. The Hall–Kier alpha value is -10.5. The summed E-state index contributed by atoms with van der Waals surface area (Å²) >= 11 is 0. The fourth-order valence-corrected chi connectivity index (χ4v) is 18.2. The first-order valence-electron chi connectivity index (χ1n) is 37.9. The highest BCUT2D eigenvalue weighted by Gasteiger charge is 2.37. The summed E-state index contributed by atoms with van der Waals surface area (Å²) in [5.41, 5.74) is 39.4. The van der Waals surface area contributed by atoms with Crippen molar-refractivity contribution in [3.05, 3.63) is 264 Å². The van der Waals surface area contributed by atoms with Gasteiger partial charge in [-0.2, -0.15) is 0 Å². The van der Waals surface area contributed by atoms with E-state index >= 15 is 0 Å². The summed E-state index contributed by atoms with van der Waals surface area (Å²) in [6.07, 6.45) is 0. The van der Waals surface area contributed by atoms with Gasteiger partial charge < -0.3 is 8.80 Å². The van der Waals surface area contributed by atoms with Gasteiger partial charge in [0.25, 0.3) is 0 Å². The number of benzene rings is 13. The van der Waals surface area contributed by atoms with Crippen LogP contribution in [0.25, 0.3) is 187 Å². The molecule has 13 aromatic carbocycles. The van der Waals surface area contributed by atoms with E-state index in [0.29, 0.717) is 0 Å². The minimum Gasteiger partial charge on any atom is -0.307 e. The predicted molar refractivity (Wildman–Crippen MR) is 449 cm³/mol. The fraction of sp³-hybridized carbons (Fsp3) is 0.235. The van der Waals surface area contributed by atoms with Gasteiger partial charge in [0.05, 0.1) is 33.1 Å². The Balaban J connectivity index is 1.12. The molecule has 0 bridgehead atoms. The molecule has 104 heavy (non-hydrogen) atoms. The molecular formula is C102H92N2. The number of hydrogen-bond acceptors (Lipinski definition) is 0. The number of fused-ring (bicyclic) bond motifs is 28. The monoisotopic (exact) mass is 1340 g/mol. The maximum atomic E-state index is 2.81. The highest BCUT2D eigenvalue weighted by Crippen LogP contribution is 2.60. The number of rotatable bonds is 2. The van der Waals surface area contributed by atoms with E-state index in [1.54, 1.807) is 0 Å². The summed E-state index contributed by atoms with van der Waals surface area (Å²) in [4.78, 5) is 0. The topological polar surface area (TPSA) is 8.82 Å². The van der Waals surface area contributed by atoms with Crippen LogP contribution >= 0.6 is 0 Å². The Morgan fingerprint density at radius 3 is 0.615 bits per heavy atom. The molecule has 0 spiro atoms. The minimum atomic E-state index is -0.219. The molecule has 0 amide bonds. The fourth-order valence-electron chi connectivity index (χ4n) is 18.2. The van der Waals surface area contributed by atoms with Gasteiger partial charge in [-0.1, -0.05) is 307 Å². The second-order valence-electron chi connectivity index (χ2n) is 36.9. The van der Waals surface area contributed by atoms with E-state index in [1.165, 1.54) is 221 Å². The SMILES string of the molecule is CC(C)(C)c1cc(-c2c3c4cc(C(C)(C)C)cc5c6cc7c(cc6n(c3c(-c3cc(C(C)(C)C)cc(C(C)(C)C)c3)c3c6cc(C(C)(C)C)cc8c9cc%10c(cc9n(c23)c86)-c2ccccc2-c2ccccc2-c2ccccc2-%10)c54)-c2ccccc2-c2ccccc2-c2ccccc2-7)cc(C(C)(C)C)c1. The lowest BCUT2D eigenvalue weighted by Crippen LogP contribution is -2.17. The zero-order valence-electron chi connectivity index (χ0n) is 63.8. The molecule has 2 aliphatic carbocycles. The Bertz CT molecular complexity index is 6090. The molecule has 0 saturated heterocycles. The molecule has 2 aliphatic rings. The van der Waals surface area contributed by atoms with Crippen molar-refractivity contribution in [2.45, 2.75) is 157 Å². The van der Waals surface area contributed by atoms with E-state index < -0.39 is 0 Å². The normalized spacial score (nSPS) is 13.5. The largest absolute Gasteiger partial charge is 0.307 e. The van der Waals surface area contributed by atoms with Gasteiger partial charge in [-0.15, -0.1) is 0 Å². The summed E-state index contributed by atoms with van der Waals surface area (Å²) < 4.78 is 5.62. The smallest absolute Gasteiger partial charge is 0.0634 e. The van der Waals surface area contributed by atoms with Crippen LogP contribution in [0.3, 0.4) is 0 Å². The van der Waals surface area contributed by atoms with Crippen molar-refractivity contribution in [2.24, 2.45) is 0 Å². The van der Waals surface area contributed by atoms with Crippen LogP contribution in [0.1, 0.15) is 158 Å². The Morgan fingerprint density at radius 1 is 0.183 bits per heavy atom. The average Bonchev–Trinajstić information content (AvgIpc) is 1.49. The van der Waals surface area contributed by atoms with Crippen LogP contribution in [0.2, 0.25) is 0 Å². The van der Waals surface area contributed by atoms with Gasteiger partial charge in [-0.05, 0) is 215 Å². The number of nitrogens with zero attached hydrogens (tertiary/aromatic N) is 2. The molecule has 0 unspecified atom stereocenters. The lowest BCUT2D eigenvalue weighted by atomic mass is 9.77. The van der Waals surface area contributed by atoms with Gasteiger partial charge in [-0.3, -0.25) is 0 Å². The molecule has 0 radical (unpaired) electrons. The van der Waals surface area contributed by atoms with Crippen LogP contribution in [0.5, 0.6) is 0 Å². The lowest BCUT2D eigenvalue weighted by molar-refractivity contribution is 0.568. The molecule has 0 aliphatic heterocycles. The first-order valence-corrected chi connectivity index (χ1v) is 37.9. The molecule has 0 saturated carbocycles. The summed E-state index contributed by atoms with van der Waals surface area (Å²) in [5, 5.41) is 10.3. The Kier molecular flexibility index (Phi) is 13.3. The predicted octanol–water partition coefficient (Wildman–Crippen LogP) is 29.1. The third-order valence-corrected chi connectivity index (χ3v) is 24.0. The molecule has 2 nitrogen and oxygen atoms in total. The summed E-state index contributed by atoms with van der Waals surface area (Å²) in [6, 6.07) is 91.4. The van der Waals surface area contributed by atoms with Gasteiger partial charge in [0, 0.05) is 54.2 Å². The first-order chi connectivity index (χ1) is 49.4. The maximum Gasteiger partial charge on any atom is 0.0634 e. The number of aromatic nitrogens is 2. The molecular weight excluding hydrogens is 1250 g/mol. The van der Waals surface area contributed by atoms with Gasteiger partial charge in [0.15, 0.2) is 0 Å². The molecule has 17 aromatic rings. The van der Waals surface area contributed by atoms with Crippen LogP contribution in [-0.4, -0.2) is 8.80 Å². The zero-order chi connectivity index (χ0) is 72.1. The lowest BCUT2D eigenvalue weighted by Gasteiger charge is -2.28. The van der Waals surface area contributed by atoms with Crippen LogP contribution in [0.4, 0.5) is 0 Å². The van der Waals surface area contributed by atoms with Crippen molar-refractivity contribution in [3.8, 4) is 111 Å². The van der Waals surface area contributed by atoms with Crippen molar-refractivity contribution >= 4 is 76.2 Å². The van der Waals surface area contributed by atoms with Crippen molar-refractivity contribution in [2.75, 3.05) is 0 Å². The van der Waals surface area contributed by atoms with Crippen molar-refractivity contribution < 1.29 is 0 Å². The van der Waals surface area contributed by atoms with E-state index in [-0.39, 0.29) is 32.5 Å². The van der Waals surface area contributed by atoms with Gasteiger partial charge >= 0.3 is 0 Å². The minimum absolute atomic E-state index is 0.178. The molecule has 0 atom stereocenters. The highest BCUT2D eigenvalue weighted by molar-refractivity contribution is 6.39. The molecule has 0 N–H and O–H groups in total. The van der Waals surface area contributed by atoms with E-state index in [0.717, 1.165) is 0 Å². The summed E-state index contributed by atoms with van der Waals surface area (Å²) in [7, 11) is 0. The van der Waals surface area contributed by atoms with E-state index in [1.807, 2.05) is 0 Å². The Labute approximate surface area is 613 Å². The standard InChI is InChI=1S/C102H92N2/c1-97(2,3)59-43-57(44-60(47-59)98(4,5)6)89-91-85-51-63(101(13,14)15)49-83-82-54-78-74-40-28-24-36-70(74)66-32-20-22-34-68(66)72-38-26-30-42-76(72)80(78)56-88(82)104(93(83)85)96(91)90(58-45-61(99(7,8)9)48-62(46-58)100(10,11)12)92-86-52-64(102(16,17)18)50-84-81-53-77-73-39-27-23-35-69(73)65-31-19-21-33-67(65)71-37-25-29-41-75(71)79(77)55-87(81)103(94(84)86)95(89)92/h19-56H,1-18H3. The third kappa shape index (κ3) is 9.31. The summed E-state index contributed by atoms with van der Waals surface area (Å²) in [5.74, 6) is 0. The van der Waals surface area contributed by atoms with E-state index in [4.69, 9.17) is 0 Å². The van der Waals surface area contributed by atoms with Crippen LogP contribution in [0.15, 0.2) is 231 Å². The highest BCUT2D eigenvalue weighted by atomic mass is 14.9. The van der Waals surface area contributed by atoms with Crippen molar-refractivity contribution in [3.63, 3.8) is 0 Å². The summed E-state index contributed by atoms with van der Waals surface area (Å²) in [6.45, 7) is 43.5. The quantitative estimate of drug-likeness (QED) is 0.163. The maximum absolute atomic E-state index is 2.81. The second-order valence-corrected chi connectivity index (χ2v) is 36.9. The van der Waals surface area contributed by atoms with Gasteiger partial charge in [-0.25, -0.2) is 0 Å². The van der Waals surface area contributed by atoms with Crippen LogP contribution in [-0.2, 0) is 32.5 Å². The third-order valence-electron chi connectivity index (χ3n) is 24.0. The molecule has 2 heteroatoms. The molecule has 19 rings (SSSR count). The second kappa shape index (κ2) is 21.5. The molecule has 510 valence electrons. The molecule has 4 heterocycles. The van der Waals surface area contributed by atoms with Crippen molar-refractivity contribution in [1.29, 1.82) is 0 Å². The van der Waals surface area contributed by atoms with Crippen LogP contribution < -0.4 is 0 Å². The number of hydrogen-bond donors (Lipinski definition) is 0. The molecule has 0 fully saturated rings. The zero-order valence-corrected chi connectivity index (χ0v) is 63.8.